The SMILES string of the molecule is CN1CC=C(C(=O)O)N2C(=O)C1C(C1OC(n3ccc(=O)[nH]c3=O)C(O)C1O)OC1OC(C(O)C1O)C2N. The van der Waals surface area contributed by atoms with Gasteiger partial charge in [0.1, 0.15) is 60.6 Å². The van der Waals surface area contributed by atoms with Crippen LogP contribution in [0.1, 0.15) is 6.23 Å². The summed E-state index contributed by atoms with van der Waals surface area (Å²) in [6.07, 6.45) is -13.8. The lowest BCUT2D eigenvalue weighted by atomic mass is 9.96. The van der Waals surface area contributed by atoms with Crippen LogP contribution in [-0.4, -0.2) is 132 Å². The highest BCUT2D eigenvalue weighted by Gasteiger charge is 2.59. The van der Waals surface area contributed by atoms with Gasteiger partial charge in [-0.05, 0) is 13.1 Å². The average molecular weight is 541 g/mol. The summed E-state index contributed by atoms with van der Waals surface area (Å²) < 4.78 is 18.2. The zero-order chi connectivity index (χ0) is 27.6. The maximum Gasteiger partial charge on any atom is 0.352 e. The number of nitrogens with two attached hydrogens (primary N) is 1. The number of carbonyl (C=O) groups is 2. The van der Waals surface area contributed by atoms with E-state index in [4.69, 9.17) is 19.9 Å². The molecule has 1 amide bonds. The number of aromatic amines is 1. The zero-order valence-electron chi connectivity index (χ0n) is 19.8. The first-order valence-corrected chi connectivity index (χ1v) is 11.6. The summed E-state index contributed by atoms with van der Waals surface area (Å²) in [5.41, 5.74) is 4.05. The fraction of sp³-hybridized carbons (Fsp3) is 0.619. The van der Waals surface area contributed by atoms with Crippen molar-refractivity contribution in [3.63, 3.8) is 0 Å². The molecule has 17 nitrogen and oxygen atoms in total. The molecular weight excluding hydrogens is 514 g/mol. The lowest BCUT2D eigenvalue weighted by molar-refractivity contribution is -0.230. The Morgan fingerprint density at radius 1 is 1.00 bits per heavy atom. The molecule has 1 aromatic rings. The Labute approximate surface area is 212 Å². The first-order valence-electron chi connectivity index (χ1n) is 11.6. The summed E-state index contributed by atoms with van der Waals surface area (Å²) in [6.45, 7) is -0.101. The molecular formula is C21H27N5O12. The first kappa shape index (κ1) is 26.6. The Balaban J connectivity index is 1.59. The van der Waals surface area contributed by atoms with Gasteiger partial charge in [0.15, 0.2) is 12.5 Å². The molecule has 0 saturated carbocycles. The van der Waals surface area contributed by atoms with Crippen molar-refractivity contribution >= 4 is 11.9 Å². The summed E-state index contributed by atoms with van der Waals surface area (Å²) in [5.74, 6) is -2.39. The van der Waals surface area contributed by atoms with Crippen LogP contribution in [0.5, 0.6) is 0 Å². The summed E-state index contributed by atoms with van der Waals surface area (Å²) in [7, 11) is 1.47. The van der Waals surface area contributed by atoms with Crippen LogP contribution < -0.4 is 17.0 Å². The topological polar surface area (TPSA) is 250 Å². The van der Waals surface area contributed by atoms with Gasteiger partial charge in [0.2, 0.25) is 5.91 Å². The number of carboxylic acid groups (broad SMARTS) is 1. The molecule has 0 radical (unpaired) electrons. The van der Waals surface area contributed by atoms with E-state index in [1.165, 1.54) is 18.0 Å². The average Bonchev–Trinajstić information content (AvgIpc) is 3.26. The van der Waals surface area contributed by atoms with Gasteiger partial charge in [0, 0.05) is 18.8 Å². The second-order valence-corrected chi connectivity index (χ2v) is 9.52. The largest absolute Gasteiger partial charge is 0.477 e. The molecule has 0 aromatic carbocycles. The number of rotatable bonds is 3. The number of ether oxygens (including phenoxy) is 3. The van der Waals surface area contributed by atoms with Gasteiger partial charge in [0.05, 0.1) is 0 Å². The molecule has 4 bridgehead atoms. The Hall–Kier alpha value is -3.00. The number of likely N-dealkylation sites (N-methyl/N-ethyl adjacent to an activating group) is 1. The van der Waals surface area contributed by atoms with Gasteiger partial charge in [-0.25, -0.2) is 9.59 Å². The third kappa shape index (κ3) is 4.08. The van der Waals surface area contributed by atoms with E-state index in [1.807, 2.05) is 4.98 Å². The smallest absolute Gasteiger partial charge is 0.352 e. The van der Waals surface area contributed by atoms with Gasteiger partial charge in [0.25, 0.3) is 5.56 Å². The molecule has 4 aliphatic heterocycles. The first-order chi connectivity index (χ1) is 17.9. The minimum Gasteiger partial charge on any atom is -0.477 e. The third-order valence-electron chi connectivity index (χ3n) is 7.23. The highest BCUT2D eigenvalue weighted by molar-refractivity contribution is 5.95. The van der Waals surface area contributed by atoms with Crippen LogP contribution in [0, 0.1) is 0 Å². The fourth-order valence-corrected chi connectivity index (χ4v) is 5.30. The van der Waals surface area contributed by atoms with Crippen molar-refractivity contribution in [1.82, 2.24) is 19.4 Å². The molecule has 5 rings (SSSR count). The Bertz CT molecular complexity index is 1270. The molecule has 208 valence electrons. The van der Waals surface area contributed by atoms with Crippen LogP contribution in [0.2, 0.25) is 0 Å². The Morgan fingerprint density at radius 2 is 1.66 bits per heavy atom. The van der Waals surface area contributed by atoms with E-state index < -0.39 is 96.3 Å². The van der Waals surface area contributed by atoms with Crippen molar-refractivity contribution in [2.75, 3.05) is 13.6 Å². The molecule has 8 N–H and O–H groups in total. The van der Waals surface area contributed by atoms with E-state index >= 15 is 0 Å². The lowest BCUT2D eigenvalue weighted by Crippen LogP contribution is -2.63. The number of hydrogen-bond acceptors (Lipinski definition) is 13. The molecule has 0 aliphatic carbocycles. The molecule has 3 fully saturated rings. The van der Waals surface area contributed by atoms with Crippen molar-refractivity contribution in [1.29, 1.82) is 0 Å². The molecule has 38 heavy (non-hydrogen) atoms. The van der Waals surface area contributed by atoms with Crippen LogP contribution in [0.15, 0.2) is 33.6 Å². The summed E-state index contributed by atoms with van der Waals surface area (Å²) in [4.78, 5) is 53.9. The van der Waals surface area contributed by atoms with E-state index in [-0.39, 0.29) is 6.54 Å². The van der Waals surface area contributed by atoms with Crippen molar-refractivity contribution in [3.05, 3.63) is 44.9 Å². The molecule has 11 atom stereocenters. The van der Waals surface area contributed by atoms with Crippen LogP contribution in [-0.2, 0) is 23.8 Å². The number of nitrogens with one attached hydrogen (secondary N) is 1. The number of aliphatic hydroxyl groups excluding tert-OH is 4. The van der Waals surface area contributed by atoms with E-state index in [9.17, 15) is 44.7 Å². The van der Waals surface area contributed by atoms with Gasteiger partial charge in [-0.1, -0.05) is 0 Å². The fourth-order valence-electron chi connectivity index (χ4n) is 5.30. The van der Waals surface area contributed by atoms with E-state index in [1.54, 1.807) is 0 Å². The number of nitrogens with zero attached hydrogens (tertiary/aromatic N) is 3. The second-order valence-electron chi connectivity index (χ2n) is 9.52. The quantitative estimate of drug-likeness (QED) is 0.188. The molecule has 11 unspecified atom stereocenters. The number of hydrogen-bond donors (Lipinski definition) is 7. The summed E-state index contributed by atoms with van der Waals surface area (Å²) >= 11 is 0. The molecule has 4 aliphatic rings. The number of carbonyl (C=O) groups excluding carboxylic acids is 1. The zero-order valence-corrected chi connectivity index (χ0v) is 19.8. The predicted molar refractivity (Wildman–Crippen MR) is 120 cm³/mol. The predicted octanol–water partition coefficient (Wildman–Crippen LogP) is -5.60. The van der Waals surface area contributed by atoms with Gasteiger partial charge >= 0.3 is 11.7 Å². The second kappa shape index (κ2) is 9.63. The monoisotopic (exact) mass is 541 g/mol. The van der Waals surface area contributed by atoms with Crippen molar-refractivity contribution < 1.29 is 49.3 Å². The molecule has 3 saturated heterocycles. The summed E-state index contributed by atoms with van der Waals surface area (Å²) in [5, 5.41) is 52.7. The Kier molecular flexibility index (Phi) is 6.74. The number of fused-ring (bicyclic) bond motifs is 4. The van der Waals surface area contributed by atoms with Crippen LogP contribution in [0.4, 0.5) is 0 Å². The van der Waals surface area contributed by atoms with Gasteiger partial charge < -0.3 is 45.5 Å². The molecule has 0 spiro atoms. The molecule has 5 heterocycles. The number of H-pyrrole nitrogens is 1. The number of aromatic nitrogens is 2. The summed E-state index contributed by atoms with van der Waals surface area (Å²) in [6, 6.07) is -0.404. The molecule has 1 aromatic heterocycles. The standard InChI is InChI=1S/C21H27N5O12/c1-24-4-2-6(19(33)34)26-16(22)15-10(29)12(31)20(38-15)37-13(8(24)17(26)32)14-9(28)11(30)18(36-14)25-5-3-7(27)23-21(25)35/h2-3,5,8-16,18,20,28-31H,4,22H2,1H3,(H,33,34)(H,23,27,35). The van der Waals surface area contributed by atoms with Gasteiger partial charge in [-0.15, -0.1) is 0 Å². The van der Waals surface area contributed by atoms with Crippen molar-refractivity contribution in [3.8, 4) is 0 Å². The van der Waals surface area contributed by atoms with E-state index in [2.05, 4.69) is 0 Å². The maximum atomic E-state index is 13.9. The normalized spacial score (nSPS) is 41.7. The van der Waals surface area contributed by atoms with E-state index in [0.717, 1.165) is 21.7 Å². The molecule has 17 heteroatoms. The van der Waals surface area contributed by atoms with Crippen LogP contribution >= 0.6 is 0 Å². The Morgan fingerprint density at radius 3 is 2.32 bits per heavy atom. The highest BCUT2D eigenvalue weighted by Crippen LogP contribution is 2.38. The van der Waals surface area contributed by atoms with E-state index in [0.29, 0.717) is 0 Å². The number of aliphatic carboxylic acids is 1. The number of aliphatic hydroxyl groups is 4. The van der Waals surface area contributed by atoms with Crippen molar-refractivity contribution in [2.24, 2.45) is 5.73 Å². The number of carboxylic acids is 1. The number of amides is 1. The minimum atomic E-state index is -1.78. The highest BCUT2D eigenvalue weighted by atomic mass is 16.7. The van der Waals surface area contributed by atoms with Crippen molar-refractivity contribution in [2.45, 2.75) is 67.5 Å². The van der Waals surface area contributed by atoms with Gasteiger partial charge in [-0.3, -0.25) is 28.9 Å². The van der Waals surface area contributed by atoms with Crippen LogP contribution in [0.3, 0.4) is 0 Å². The van der Waals surface area contributed by atoms with Gasteiger partial charge in [-0.2, -0.15) is 0 Å². The minimum absolute atomic E-state index is 0.101. The third-order valence-corrected chi connectivity index (χ3v) is 7.23. The maximum absolute atomic E-state index is 13.9. The lowest BCUT2D eigenvalue weighted by Gasteiger charge is -2.39. The van der Waals surface area contributed by atoms with Crippen LogP contribution in [0.25, 0.3) is 0 Å².